The summed E-state index contributed by atoms with van der Waals surface area (Å²) in [5, 5.41) is 4.34. The lowest BCUT2D eigenvalue weighted by atomic mass is 10.2. The number of nitrogens with one attached hydrogen (secondary N) is 1. The van der Waals surface area contributed by atoms with Gasteiger partial charge in [-0.15, -0.1) is 0 Å². The van der Waals surface area contributed by atoms with Gasteiger partial charge >= 0.3 is 0 Å². The van der Waals surface area contributed by atoms with Crippen LogP contribution in [0.3, 0.4) is 0 Å². The van der Waals surface area contributed by atoms with Crippen molar-refractivity contribution in [1.82, 2.24) is 9.97 Å². The first-order valence-electron chi connectivity index (χ1n) is 6.53. The molecular formula is C16H14N4S. The SMILES string of the molecule is Cc1ccc(C(N)=S)c(Nc2ccc3ncccc3c2)n1. The molecule has 3 aromatic rings. The summed E-state index contributed by atoms with van der Waals surface area (Å²) in [6.45, 7) is 1.93. The number of aryl methyl sites for hydroxylation is 1. The number of thiocarbonyl (C=S) groups is 1. The number of hydrogen-bond donors (Lipinski definition) is 2. The fraction of sp³-hybridized carbons (Fsp3) is 0.0625. The molecule has 3 rings (SSSR count). The van der Waals surface area contributed by atoms with Crippen LogP contribution in [0.5, 0.6) is 0 Å². The van der Waals surface area contributed by atoms with E-state index in [-0.39, 0.29) is 0 Å². The molecule has 0 amide bonds. The zero-order valence-electron chi connectivity index (χ0n) is 11.5. The third-order valence-electron chi connectivity index (χ3n) is 3.17. The zero-order chi connectivity index (χ0) is 14.8. The number of benzene rings is 1. The highest BCUT2D eigenvalue weighted by Crippen LogP contribution is 2.22. The monoisotopic (exact) mass is 294 g/mol. The number of pyridine rings is 2. The summed E-state index contributed by atoms with van der Waals surface area (Å²) in [6.07, 6.45) is 1.78. The lowest BCUT2D eigenvalue weighted by Crippen LogP contribution is -2.13. The lowest BCUT2D eigenvalue weighted by Gasteiger charge is -2.11. The minimum atomic E-state index is 0.326. The van der Waals surface area contributed by atoms with Crippen LogP contribution >= 0.6 is 12.2 Å². The first-order chi connectivity index (χ1) is 10.1. The summed E-state index contributed by atoms with van der Waals surface area (Å²) in [7, 11) is 0. The zero-order valence-corrected chi connectivity index (χ0v) is 12.3. The Labute approximate surface area is 128 Å². The first-order valence-corrected chi connectivity index (χ1v) is 6.93. The number of rotatable bonds is 3. The molecule has 0 aliphatic heterocycles. The molecule has 21 heavy (non-hydrogen) atoms. The van der Waals surface area contributed by atoms with Crippen molar-refractivity contribution in [3.05, 3.63) is 59.9 Å². The summed E-state index contributed by atoms with van der Waals surface area (Å²) < 4.78 is 0. The molecule has 0 saturated carbocycles. The molecule has 0 fully saturated rings. The summed E-state index contributed by atoms with van der Waals surface area (Å²) in [6, 6.07) is 13.7. The molecule has 2 heterocycles. The van der Waals surface area contributed by atoms with E-state index in [1.807, 2.05) is 49.4 Å². The van der Waals surface area contributed by atoms with Crippen molar-refractivity contribution in [3.63, 3.8) is 0 Å². The lowest BCUT2D eigenvalue weighted by molar-refractivity contribution is 1.19. The summed E-state index contributed by atoms with van der Waals surface area (Å²) in [5.41, 5.74) is 9.27. The third kappa shape index (κ3) is 2.83. The van der Waals surface area contributed by atoms with Gasteiger partial charge < -0.3 is 11.1 Å². The number of nitrogens with two attached hydrogens (primary N) is 1. The largest absolute Gasteiger partial charge is 0.389 e. The number of hydrogen-bond acceptors (Lipinski definition) is 4. The number of fused-ring (bicyclic) bond motifs is 1. The van der Waals surface area contributed by atoms with Gasteiger partial charge in [0.05, 0.1) is 11.1 Å². The van der Waals surface area contributed by atoms with E-state index in [1.54, 1.807) is 6.20 Å². The number of anilines is 2. The molecule has 0 spiro atoms. The van der Waals surface area contributed by atoms with Crippen LogP contribution in [0.2, 0.25) is 0 Å². The van der Waals surface area contributed by atoms with Crippen LogP contribution in [-0.4, -0.2) is 15.0 Å². The first kappa shape index (κ1) is 13.5. The van der Waals surface area contributed by atoms with Crippen LogP contribution in [0, 0.1) is 6.92 Å². The molecule has 4 nitrogen and oxygen atoms in total. The minimum Gasteiger partial charge on any atom is -0.389 e. The van der Waals surface area contributed by atoms with Crippen LogP contribution < -0.4 is 11.1 Å². The smallest absolute Gasteiger partial charge is 0.140 e. The molecule has 3 N–H and O–H groups in total. The Morgan fingerprint density at radius 3 is 2.86 bits per heavy atom. The van der Waals surface area contributed by atoms with E-state index in [4.69, 9.17) is 18.0 Å². The van der Waals surface area contributed by atoms with E-state index >= 15 is 0 Å². The molecular weight excluding hydrogens is 280 g/mol. The minimum absolute atomic E-state index is 0.326. The molecule has 0 unspecified atom stereocenters. The Hall–Kier alpha value is -2.53. The van der Waals surface area contributed by atoms with Crippen molar-refractivity contribution >= 4 is 39.6 Å². The summed E-state index contributed by atoms with van der Waals surface area (Å²) in [5.74, 6) is 0.672. The molecule has 2 aromatic heterocycles. The van der Waals surface area contributed by atoms with Crippen molar-refractivity contribution < 1.29 is 0 Å². The molecule has 0 radical (unpaired) electrons. The second kappa shape index (κ2) is 5.46. The van der Waals surface area contributed by atoms with Gasteiger partial charge in [-0.1, -0.05) is 18.3 Å². The van der Waals surface area contributed by atoms with Crippen molar-refractivity contribution in [2.45, 2.75) is 6.92 Å². The maximum Gasteiger partial charge on any atom is 0.140 e. The van der Waals surface area contributed by atoms with Gasteiger partial charge in [-0.2, -0.15) is 0 Å². The predicted molar refractivity (Wildman–Crippen MR) is 89.9 cm³/mol. The van der Waals surface area contributed by atoms with Gasteiger partial charge in [0.25, 0.3) is 0 Å². The number of nitrogens with zero attached hydrogens (tertiary/aromatic N) is 2. The van der Waals surface area contributed by atoms with Crippen molar-refractivity contribution in [2.24, 2.45) is 5.73 Å². The Morgan fingerprint density at radius 1 is 1.19 bits per heavy atom. The Balaban J connectivity index is 2.02. The van der Waals surface area contributed by atoms with Crippen molar-refractivity contribution in [1.29, 1.82) is 0 Å². The summed E-state index contributed by atoms with van der Waals surface area (Å²) in [4.78, 5) is 9.11. The fourth-order valence-electron chi connectivity index (χ4n) is 2.14. The van der Waals surface area contributed by atoms with Crippen LogP contribution in [0.4, 0.5) is 11.5 Å². The molecule has 1 aromatic carbocycles. The maximum atomic E-state index is 5.75. The molecule has 104 valence electrons. The van der Waals surface area contributed by atoms with Gasteiger partial charge in [0.1, 0.15) is 10.8 Å². The highest BCUT2D eigenvalue weighted by atomic mass is 32.1. The van der Waals surface area contributed by atoms with E-state index in [9.17, 15) is 0 Å². The van der Waals surface area contributed by atoms with Crippen LogP contribution in [0.15, 0.2) is 48.7 Å². The van der Waals surface area contributed by atoms with Crippen LogP contribution in [0.1, 0.15) is 11.3 Å². The van der Waals surface area contributed by atoms with E-state index in [1.165, 1.54) is 0 Å². The number of aromatic nitrogens is 2. The van der Waals surface area contributed by atoms with Gasteiger partial charge in [0.15, 0.2) is 0 Å². The van der Waals surface area contributed by atoms with Crippen molar-refractivity contribution in [2.75, 3.05) is 5.32 Å². The van der Waals surface area contributed by atoms with Gasteiger partial charge in [-0.25, -0.2) is 4.98 Å². The van der Waals surface area contributed by atoms with Crippen LogP contribution in [-0.2, 0) is 0 Å². The quantitative estimate of drug-likeness (QED) is 0.726. The van der Waals surface area contributed by atoms with Crippen LogP contribution in [0.25, 0.3) is 10.9 Å². The summed E-state index contributed by atoms with van der Waals surface area (Å²) >= 11 is 5.07. The van der Waals surface area contributed by atoms with Crippen molar-refractivity contribution in [3.8, 4) is 0 Å². The van der Waals surface area contributed by atoms with E-state index < -0.39 is 0 Å². The fourth-order valence-corrected chi connectivity index (χ4v) is 2.31. The molecule has 0 atom stereocenters. The average Bonchev–Trinajstić information content (AvgIpc) is 2.47. The highest BCUT2D eigenvalue weighted by molar-refractivity contribution is 7.80. The second-order valence-corrected chi connectivity index (χ2v) is 5.19. The predicted octanol–water partition coefficient (Wildman–Crippen LogP) is 3.32. The Morgan fingerprint density at radius 2 is 2.05 bits per heavy atom. The molecule has 0 saturated heterocycles. The van der Waals surface area contributed by atoms with Gasteiger partial charge in [0.2, 0.25) is 0 Å². The second-order valence-electron chi connectivity index (χ2n) is 4.75. The topological polar surface area (TPSA) is 63.8 Å². The van der Waals surface area contributed by atoms with Gasteiger partial charge in [0, 0.05) is 23.0 Å². The van der Waals surface area contributed by atoms with Gasteiger partial charge in [-0.05, 0) is 43.3 Å². The van der Waals surface area contributed by atoms with E-state index in [0.29, 0.717) is 10.8 Å². The third-order valence-corrected chi connectivity index (χ3v) is 3.39. The van der Waals surface area contributed by atoms with Gasteiger partial charge in [-0.3, -0.25) is 4.98 Å². The van der Waals surface area contributed by atoms with E-state index in [2.05, 4.69) is 15.3 Å². The van der Waals surface area contributed by atoms with E-state index in [0.717, 1.165) is 27.8 Å². The Kier molecular flexibility index (Phi) is 3.50. The Bertz CT molecular complexity index is 829. The molecule has 5 heteroatoms. The molecule has 0 aliphatic carbocycles. The normalized spacial score (nSPS) is 10.5. The highest BCUT2D eigenvalue weighted by Gasteiger charge is 2.08. The molecule has 0 bridgehead atoms. The average molecular weight is 294 g/mol. The maximum absolute atomic E-state index is 5.75. The molecule has 0 aliphatic rings. The standard InChI is InChI=1S/C16H14N4S/c1-10-4-6-13(15(17)21)16(19-10)20-12-5-7-14-11(9-12)3-2-8-18-14/h2-9H,1H3,(H2,17,21)(H,19,20).